The van der Waals surface area contributed by atoms with Crippen molar-refractivity contribution in [2.75, 3.05) is 48.0 Å². The molecule has 0 radical (unpaired) electrons. The molecule has 1 N–H and O–H groups in total. The predicted molar refractivity (Wildman–Crippen MR) is 119 cm³/mol. The number of aliphatic imine (C=N–C) groups is 1. The molecule has 0 amide bonds. The number of rotatable bonds is 10. The van der Waals surface area contributed by atoms with Crippen LogP contribution in [0.1, 0.15) is 18.1 Å². The number of benzene rings is 2. The van der Waals surface area contributed by atoms with Gasteiger partial charge < -0.3 is 24.4 Å². The van der Waals surface area contributed by atoms with Crippen LogP contribution in [-0.4, -0.2) is 58.9 Å². The molecule has 6 nitrogen and oxygen atoms in total. The van der Waals surface area contributed by atoms with E-state index in [4.69, 9.17) is 14.2 Å². The third-order valence-corrected chi connectivity index (χ3v) is 4.71. The second kappa shape index (κ2) is 11.8. The van der Waals surface area contributed by atoms with Gasteiger partial charge in [-0.15, -0.1) is 0 Å². The number of methoxy groups -OCH3 is 2. The van der Waals surface area contributed by atoms with Crippen molar-refractivity contribution in [3.63, 3.8) is 0 Å². The van der Waals surface area contributed by atoms with Crippen molar-refractivity contribution in [3.8, 4) is 17.2 Å². The number of nitrogens with zero attached hydrogens (tertiary/aromatic N) is 2. The molecular formula is C23H33N3O3. The highest BCUT2D eigenvalue weighted by molar-refractivity contribution is 5.79. The second-order valence-electron chi connectivity index (χ2n) is 6.63. The minimum atomic E-state index is 0.672. The summed E-state index contributed by atoms with van der Waals surface area (Å²) in [7, 11) is 7.16. The van der Waals surface area contributed by atoms with E-state index in [0.717, 1.165) is 49.1 Å². The maximum atomic E-state index is 5.70. The Balaban J connectivity index is 1.87. The molecular weight excluding hydrogens is 366 g/mol. The van der Waals surface area contributed by atoms with Gasteiger partial charge in [0.25, 0.3) is 0 Å². The maximum absolute atomic E-state index is 5.70. The van der Waals surface area contributed by atoms with Gasteiger partial charge >= 0.3 is 0 Å². The van der Waals surface area contributed by atoms with Crippen LogP contribution >= 0.6 is 0 Å². The number of nitrogens with one attached hydrogen (secondary N) is 1. The zero-order chi connectivity index (χ0) is 21.1. The highest BCUT2D eigenvalue weighted by atomic mass is 16.5. The minimum Gasteiger partial charge on any atom is -0.494 e. The molecule has 2 aromatic carbocycles. The average Bonchev–Trinajstić information content (AvgIpc) is 2.76. The number of guanidine groups is 1. The summed E-state index contributed by atoms with van der Waals surface area (Å²) in [5.41, 5.74) is 2.39. The molecule has 0 aliphatic rings. The molecule has 0 spiro atoms. The van der Waals surface area contributed by atoms with Crippen LogP contribution in [0.2, 0.25) is 0 Å². The lowest BCUT2D eigenvalue weighted by molar-refractivity contribution is 0.336. The third-order valence-electron chi connectivity index (χ3n) is 4.71. The van der Waals surface area contributed by atoms with Crippen molar-refractivity contribution in [3.05, 3.63) is 53.6 Å². The Bertz CT molecular complexity index is 793. The van der Waals surface area contributed by atoms with Crippen LogP contribution in [0.25, 0.3) is 0 Å². The molecule has 6 heteroatoms. The van der Waals surface area contributed by atoms with Crippen molar-refractivity contribution in [2.24, 2.45) is 4.99 Å². The number of hydrogen-bond acceptors (Lipinski definition) is 4. The number of para-hydroxylation sites is 1. The number of likely N-dealkylation sites (N-methyl/N-ethyl adjacent to an activating group) is 1. The lowest BCUT2D eigenvalue weighted by Gasteiger charge is -2.22. The van der Waals surface area contributed by atoms with Crippen LogP contribution in [-0.2, 0) is 12.8 Å². The Morgan fingerprint density at radius 3 is 2.45 bits per heavy atom. The van der Waals surface area contributed by atoms with Gasteiger partial charge in [0.05, 0.1) is 20.8 Å². The Labute approximate surface area is 174 Å². The molecule has 0 saturated carbocycles. The summed E-state index contributed by atoms with van der Waals surface area (Å²) in [4.78, 5) is 6.54. The Kier molecular flexibility index (Phi) is 9.15. The number of ether oxygens (including phenoxy) is 3. The molecule has 158 valence electrons. The van der Waals surface area contributed by atoms with Gasteiger partial charge in [0.1, 0.15) is 5.75 Å². The monoisotopic (exact) mass is 399 g/mol. The largest absolute Gasteiger partial charge is 0.494 e. The summed E-state index contributed by atoms with van der Waals surface area (Å²) in [6.45, 7) is 4.30. The van der Waals surface area contributed by atoms with Gasteiger partial charge in [-0.3, -0.25) is 4.99 Å². The molecule has 0 heterocycles. The van der Waals surface area contributed by atoms with Crippen molar-refractivity contribution in [1.29, 1.82) is 0 Å². The first kappa shape index (κ1) is 22.4. The molecule has 0 aromatic heterocycles. The highest BCUT2D eigenvalue weighted by Gasteiger charge is 2.09. The van der Waals surface area contributed by atoms with Gasteiger partial charge in [-0.2, -0.15) is 0 Å². The van der Waals surface area contributed by atoms with E-state index in [1.165, 1.54) is 11.1 Å². The molecule has 0 fully saturated rings. The fourth-order valence-electron chi connectivity index (χ4n) is 3.14. The SMILES string of the molecule is CCOc1ccccc1CCNC(=NC)N(C)CCc1ccc(OC)c(OC)c1. The molecule has 0 aliphatic carbocycles. The standard InChI is InChI=1S/C23H33N3O3/c1-6-29-20-10-8-7-9-19(20)13-15-25-23(24-2)26(3)16-14-18-11-12-21(27-4)22(17-18)28-5/h7-12,17H,6,13-16H2,1-5H3,(H,24,25). The minimum absolute atomic E-state index is 0.672. The van der Waals surface area contributed by atoms with Crippen molar-refractivity contribution in [2.45, 2.75) is 19.8 Å². The second-order valence-corrected chi connectivity index (χ2v) is 6.63. The molecule has 0 bridgehead atoms. The van der Waals surface area contributed by atoms with Crippen LogP contribution in [0.5, 0.6) is 17.2 Å². The van der Waals surface area contributed by atoms with E-state index in [9.17, 15) is 0 Å². The molecule has 0 saturated heterocycles. The lowest BCUT2D eigenvalue weighted by Crippen LogP contribution is -2.40. The maximum Gasteiger partial charge on any atom is 0.193 e. The Hall–Kier alpha value is -2.89. The fourth-order valence-corrected chi connectivity index (χ4v) is 3.14. The normalized spacial score (nSPS) is 11.1. The third kappa shape index (κ3) is 6.59. The summed E-state index contributed by atoms with van der Waals surface area (Å²) in [6, 6.07) is 14.2. The van der Waals surface area contributed by atoms with Gasteiger partial charge in [-0.25, -0.2) is 0 Å². The van der Waals surface area contributed by atoms with Crippen molar-refractivity contribution >= 4 is 5.96 Å². The summed E-state index contributed by atoms with van der Waals surface area (Å²) >= 11 is 0. The summed E-state index contributed by atoms with van der Waals surface area (Å²) in [6.07, 6.45) is 1.75. The van der Waals surface area contributed by atoms with E-state index >= 15 is 0 Å². The van der Waals surface area contributed by atoms with Gasteiger partial charge in [0.2, 0.25) is 0 Å². The van der Waals surface area contributed by atoms with Gasteiger partial charge in [-0.1, -0.05) is 24.3 Å². The smallest absolute Gasteiger partial charge is 0.193 e. The van der Waals surface area contributed by atoms with E-state index in [-0.39, 0.29) is 0 Å². The molecule has 0 unspecified atom stereocenters. The first-order valence-corrected chi connectivity index (χ1v) is 9.96. The van der Waals surface area contributed by atoms with Crippen LogP contribution in [0, 0.1) is 0 Å². The lowest BCUT2D eigenvalue weighted by atomic mass is 10.1. The summed E-state index contributed by atoms with van der Waals surface area (Å²) in [5, 5.41) is 3.44. The van der Waals surface area contributed by atoms with Crippen LogP contribution in [0.15, 0.2) is 47.5 Å². The summed E-state index contributed by atoms with van der Waals surface area (Å²) in [5.74, 6) is 3.32. The van der Waals surface area contributed by atoms with Crippen molar-refractivity contribution in [1.82, 2.24) is 10.2 Å². The zero-order valence-electron chi connectivity index (χ0n) is 18.2. The topological polar surface area (TPSA) is 55.3 Å². The average molecular weight is 400 g/mol. The number of hydrogen-bond donors (Lipinski definition) is 1. The molecule has 2 rings (SSSR count). The van der Waals surface area contributed by atoms with Gasteiger partial charge in [-0.05, 0) is 49.1 Å². The van der Waals surface area contributed by atoms with E-state index in [2.05, 4.69) is 27.3 Å². The van der Waals surface area contributed by atoms with Crippen molar-refractivity contribution < 1.29 is 14.2 Å². The van der Waals surface area contributed by atoms with E-state index in [1.807, 2.05) is 51.4 Å². The van der Waals surface area contributed by atoms with Gasteiger partial charge in [0, 0.05) is 27.2 Å². The fraction of sp³-hybridized carbons (Fsp3) is 0.435. The van der Waals surface area contributed by atoms with Crippen LogP contribution < -0.4 is 19.5 Å². The highest BCUT2D eigenvalue weighted by Crippen LogP contribution is 2.27. The van der Waals surface area contributed by atoms with E-state index in [1.54, 1.807) is 14.2 Å². The Morgan fingerprint density at radius 2 is 1.76 bits per heavy atom. The first-order chi connectivity index (χ1) is 14.1. The molecule has 0 atom stereocenters. The molecule has 0 aliphatic heterocycles. The summed E-state index contributed by atoms with van der Waals surface area (Å²) < 4.78 is 16.4. The predicted octanol–water partition coefficient (Wildman–Crippen LogP) is 3.39. The quantitative estimate of drug-likeness (QED) is 0.490. The van der Waals surface area contributed by atoms with E-state index < -0.39 is 0 Å². The van der Waals surface area contributed by atoms with Crippen LogP contribution in [0.3, 0.4) is 0 Å². The van der Waals surface area contributed by atoms with Crippen LogP contribution in [0.4, 0.5) is 0 Å². The molecule has 2 aromatic rings. The molecule has 29 heavy (non-hydrogen) atoms. The first-order valence-electron chi connectivity index (χ1n) is 9.96. The van der Waals surface area contributed by atoms with Gasteiger partial charge in [0.15, 0.2) is 17.5 Å². The zero-order valence-corrected chi connectivity index (χ0v) is 18.2. The Morgan fingerprint density at radius 1 is 1.00 bits per heavy atom. The van der Waals surface area contributed by atoms with E-state index in [0.29, 0.717) is 6.61 Å².